The smallest absolute Gasteiger partial charge is 0.217 e. The number of nitrogens with two attached hydrogens (primary N) is 1. The van der Waals surface area contributed by atoms with Crippen molar-refractivity contribution in [3.8, 4) is 0 Å². The van der Waals surface area contributed by atoms with Gasteiger partial charge in [-0.25, -0.2) is 4.98 Å². The van der Waals surface area contributed by atoms with E-state index >= 15 is 0 Å². The first kappa shape index (κ1) is 16.5. The van der Waals surface area contributed by atoms with Crippen molar-refractivity contribution in [3.05, 3.63) is 18.7 Å². The number of hydrogen-bond acceptors (Lipinski definition) is 4. The van der Waals surface area contributed by atoms with Crippen LogP contribution in [0.5, 0.6) is 0 Å². The molecule has 1 heterocycles. The van der Waals surface area contributed by atoms with Gasteiger partial charge >= 0.3 is 0 Å². The standard InChI is InChI=1S/C16H26N4O2/c17-16(21)8-4-5-11-22-19-15(12-20-10-9-18-13-20)14-6-2-1-3-7-14/h9-10,13-14H,1-8,11-12H2,(H2,17,21). The van der Waals surface area contributed by atoms with Crippen LogP contribution in [0.15, 0.2) is 23.9 Å². The lowest BCUT2D eigenvalue weighted by Gasteiger charge is -2.23. The molecule has 0 radical (unpaired) electrons. The van der Waals surface area contributed by atoms with Crippen LogP contribution in [0, 0.1) is 5.92 Å². The van der Waals surface area contributed by atoms with Crippen molar-refractivity contribution in [2.24, 2.45) is 16.8 Å². The fourth-order valence-corrected chi connectivity index (χ4v) is 2.83. The molecule has 22 heavy (non-hydrogen) atoms. The highest BCUT2D eigenvalue weighted by Crippen LogP contribution is 2.25. The van der Waals surface area contributed by atoms with Gasteiger partial charge in [-0.2, -0.15) is 0 Å². The lowest BCUT2D eigenvalue weighted by Crippen LogP contribution is -2.23. The molecule has 0 unspecified atom stereocenters. The van der Waals surface area contributed by atoms with E-state index in [-0.39, 0.29) is 5.91 Å². The molecule has 6 heteroatoms. The van der Waals surface area contributed by atoms with Crippen molar-refractivity contribution in [1.82, 2.24) is 9.55 Å². The largest absolute Gasteiger partial charge is 0.396 e. The van der Waals surface area contributed by atoms with Gasteiger partial charge in [-0.1, -0.05) is 24.4 Å². The molecule has 6 nitrogen and oxygen atoms in total. The molecule has 0 saturated heterocycles. The van der Waals surface area contributed by atoms with Crippen LogP contribution in [0.3, 0.4) is 0 Å². The van der Waals surface area contributed by atoms with E-state index in [0.717, 1.165) is 25.1 Å². The Morgan fingerprint density at radius 1 is 1.32 bits per heavy atom. The zero-order valence-electron chi connectivity index (χ0n) is 13.1. The number of primary amides is 1. The highest BCUT2D eigenvalue weighted by molar-refractivity contribution is 5.86. The molecule has 1 fully saturated rings. The SMILES string of the molecule is NC(=O)CCCCON=C(Cn1ccnc1)C1CCCCC1. The van der Waals surface area contributed by atoms with E-state index in [9.17, 15) is 4.79 Å². The molecular formula is C16H26N4O2. The van der Waals surface area contributed by atoms with E-state index in [1.807, 2.05) is 17.1 Å². The molecule has 1 amide bonds. The fraction of sp³-hybridized carbons (Fsp3) is 0.688. The Hall–Kier alpha value is -1.85. The second-order valence-electron chi connectivity index (χ2n) is 5.91. The fourth-order valence-electron chi connectivity index (χ4n) is 2.83. The van der Waals surface area contributed by atoms with E-state index < -0.39 is 0 Å². The normalized spacial score (nSPS) is 16.6. The lowest BCUT2D eigenvalue weighted by atomic mass is 9.86. The Kier molecular flexibility index (Phi) is 6.93. The van der Waals surface area contributed by atoms with Crippen LogP contribution in [-0.4, -0.2) is 27.8 Å². The summed E-state index contributed by atoms with van der Waals surface area (Å²) in [6.45, 7) is 1.28. The van der Waals surface area contributed by atoms with Gasteiger partial charge in [0.2, 0.25) is 5.91 Å². The molecule has 122 valence electrons. The van der Waals surface area contributed by atoms with E-state index in [4.69, 9.17) is 10.6 Å². The van der Waals surface area contributed by atoms with E-state index in [2.05, 4.69) is 10.1 Å². The molecule has 1 aliphatic rings. The van der Waals surface area contributed by atoms with Crippen molar-refractivity contribution < 1.29 is 9.63 Å². The Balaban J connectivity index is 1.82. The number of carbonyl (C=O) groups is 1. The predicted molar refractivity (Wildman–Crippen MR) is 85.2 cm³/mol. The van der Waals surface area contributed by atoms with Gasteiger partial charge in [-0.15, -0.1) is 0 Å². The molecule has 1 saturated carbocycles. The maximum absolute atomic E-state index is 10.7. The van der Waals surface area contributed by atoms with Gasteiger partial charge in [0.05, 0.1) is 18.6 Å². The first-order valence-corrected chi connectivity index (χ1v) is 8.18. The summed E-state index contributed by atoms with van der Waals surface area (Å²) >= 11 is 0. The average Bonchev–Trinajstić information content (AvgIpc) is 3.03. The number of rotatable bonds is 9. The topological polar surface area (TPSA) is 82.5 Å². The maximum Gasteiger partial charge on any atom is 0.217 e. The van der Waals surface area contributed by atoms with Crippen LogP contribution in [0.2, 0.25) is 0 Å². The van der Waals surface area contributed by atoms with Crippen LogP contribution in [-0.2, 0) is 16.2 Å². The summed E-state index contributed by atoms with van der Waals surface area (Å²) in [6, 6.07) is 0. The second-order valence-corrected chi connectivity index (χ2v) is 5.91. The van der Waals surface area contributed by atoms with Gasteiger partial charge in [-0.05, 0) is 25.7 Å². The van der Waals surface area contributed by atoms with Gasteiger partial charge in [0.1, 0.15) is 6.61 Å². The minimum absolute atomic E-state index is 0.258. The third-order valence-corrected chi connectivity index (χ3v) is 4.07. The third-order valence-electron chi connectivity index (χ3n) is 4.07. The first-order chi connectivity index (χ1) is 10.8. The van der Waals surface area contributed by atoms with E-state index in [0.29, 0.717) is 18.9 Å². The lowest BCUT2D eigenvalue weighted by molar-refractivity contribution is -0.118. The Labute approximate surface area is 131 Å². The summed E-state index contributed by atoms with van der Waals surface area (Å²) < 4.78 is 2.03. The molecule has 0 aliphatic heterocycles. The highest BCUT2D eigenvalue weighted by atomic mass is 16.6. The van der Waals surface area contributed by atoms with Gasteiger partial charge in [0.15, 0.2) is 0 Å². The summed E-state index contributed by atoms with van der Waals surface area (Å²) in [5, 5.41) is 4.39. The Bertz CT molecular complexity index is 465. The zero-order chi connectivity index (χ0) is 15.6. The van der Waals surface area contributed by atoms with Gasteiger partial charge in [0, 0.05) is 24.7 Å². The predicted octanol–water partition coefficient (Wildman–Crippen LogP) is 2.49. The van der Waals surface area contributed by atoms with Crippen LogP contribution in [0.25, 0.3) is 0 Å². The number of imidazole rings is 1. The number of nitrogens with zero attached hydrogens (tertiary/aromatic N) is 3. The molecule has 2 rings (SSSR count). The third kappa shape index (κ3) is 5.87. The van der Waals surface area contributed by atoms with Crippen LogP contribution >= 0.6 is 0 Å². The first-order valence-electron chi connectivity index (χ1n) is 8.18. The quantitative estimate of drug-likeness (QED) is 0.432. The zero-order valence-corrected chi connectivity index (χ0v) is 13.1. The molecule has 0 spiro atoms. The molecule has 0 atom stereocenters. The van der Waals surface area contributed by atoms with Crippen molar-refractivity contribution in [1.29, 1.82) is 0 Å². The monoisotopic (exact) mass is 306 g/mol. The highest BCUT2D eigenvalue weighted by Gasteiger charge is 2.20. The van der Waals surface area contributed by atoms with Crippen LogP contribution in [0.4, 0.5) is 0 Å². The minimum Gasteiger partial charge on any atom is -0.396 e. The molecule has 1 aromatic heterocycles. The second kappa shape index (κ2) is 9.23. The van der Waals surface area contributed by atoms with Gasteiger partial charge in [-0.3, -0.25) is 4.79 Å². The summed E-state index contributed by atoms with van der Waals surface area (Å²) in [4.78, 5) is 20.2. The molecule has 2 N–H and O–H groups in total. The average molecular weight is 306 g/mol. The van der Waals surface area contributed by atoms with E-state index in [1.165, 1.54) is 32.1 Å². The number of unbranched alkanes of at least 4 members (excludes halogenated alkanes) is 1. The number of amides is 1. The molecule has 0 aromatic carbocycles. The van der Waals surface area contributed by atoms with Crippen LogP contribution < -0.4 is 5.73 Å². The number of oxime groups is 1. The number of carbonyl (C=O) groups excluding carboxylic acids is 1. The summed E-state index contributed by atoms with van der Waals surface area (Å²) in [5.74, 6) is 0.258. The molecule has 1 aliphatic carbocycles. The van der Waals surface area contributed by atoms with Gasteiger partial charge < -0.3 is 15.1 Å². The Morgan fingerprint density at radius 3 is 2.82 bits per heavy atom. The summed E-state index contributed by atoms with van der Waals surface area (Å²) in [7, 11) is 0. The molecular weight excluding hydrogens is 280 g/mol. The van der Waals surface area contributed by atoms with Gasteiger partial charge in [0.25, 0.3) is 0 Å². The molecule has 0 bridgehead atoms. The van der Waals surface area contributed by atoms with Crippen molar-refractivity contribution in [2.75, 3.05) is 6.61 Å². The van der Waals surface area contributed by atoms with Crippen molar-refractivity contribution in [2.45, 2.75) is 57.9 Å². The number of hydrogen-bond donors (Lipinski definition) is 1. The Morgan fingerprint density at radius 2 is 2.14 bits per heavy atom. The summed E-state index contributed by atoms with van der Waals surface area (Å²) in [5.41, 5.74) is 6.22. The van der Waals surface area contributed by atoms with E-state index in [1.54, 1.807) is 6.20 Å². The molecule has 1 aromatic rings. The number of aromatic nitrogens is 2. The summed E-state index contributed by atoms with van der Waals surface area (Å²) in [6.07, 6.45) is 13.8. The maximum atomic E-state index is 10.7. The van der Waals surface area contributed by atoms with Crippen molar-refractivity contribution >= 4 is 11.6 Å². The van der Waals surface area contributed by atoms with Crippen molar-refractivity contribution in [3.63, 3.8) is 0 Å². The minimum atomic E-state index is -0.258. The van der Waals surface area contributed by atoms with Crippen LogP contribution in [0.1, 0.15) is 51.4 Å².